The van der Waals surface area contributed by atoms with Crippen LogP contribution in [-0.4, -0.2) is 41.1 Å². The monoisotopic (exact) mass is 291 g/mol. The van der Waals surface area contributed by atoms with Gasteiger partial charge < -0.3 is 5.11 Å². The van der Waals surface area contributed by atoms with Gasteiger partial charge in [0.2, 0.25) is 10.0 Å². The van der Waals surface area contributed by atoms with Crippen molar-refractivity contribution in [2.24, 2.45) is 0 Å². The lowest BCUT2D eigenvalue weighted by Gasteiger charge is -2.45. The maximum Gasteiger partial charge on any atom is 0.305 e. The highest BCUT2D eigenvalue weighted by molar-refractivity contribution is 7.90. The Balaban J connectivity index is 3.15. The number of rotatable bonds is 4. The zero-order chi connectivity index (χ0) is 14.9. The van der Waals surface area contributed by atoms with E-state index in [4.69, 9.17) is 5.11 Å². The molecule has 1 N–H and O–H groups in total. The van der Waals surface area contributed by atoms with Crippen LogP contribution in [0.15, 0.2) is 0 Å². The topological polar surface area (TPSA) is 74.7 Å². The second kappa shape index (κ2) is 5.40. The molecule has 1 aliphatic carbocycles. The summed E-state index contributed by atoms with van der Waals surface area (Å²) in [6.45, 7) is 4.95. The maximum absolute atomic E-state index is 12.6. The van der Waals surface area contributed by atoms with Gasteiger partial charge in [0.25, 0.3) is 0 Å². The summed E-state index contributed by atoms with van der Waals surface area (Å²) in [5, 5.41) is 9.13. The minimum atomic E-state index is -3.51. The van der Waals surface area contributed by atoms with Crippen LogP contribution in [0, 0.1) is 0 Å². The fourth-order valence-corrected chi connectivity index (χ4v) is 4.34. The number of carbonyl (C=O) groups is 1. The van der Waals surface area contributed by atoms with Crippen LogP contribution in [0.25, 0.3) is 0 Å². The molecule has 1 fully saturated rings. The summed E-state index contributed by atoms with van der Waals surface area (Å²) in [5.74, 6) is -0.933. The number of carboxylic acids is 1. The number of carboxylic acid groups (broad SMARTS) is 1. The van der Waals surface area contributed by atoms with E-state index in [0.29, 0.717) is 12.8 Å². The van der Waals surface area contributed by atoms with Crippen LogP contribution in [0.4, 0.5) is 0 Å². The molecule has 0 atom stereocenters. The average Bonchev–Trinajstić information content (AvgIpc) is 2.26. The first kappa shape index (κ1) is 16.4. The molecule has 0 aromatic heterocycles. The standard InChI is InChI=1S/C13H25NO4S/c1-12(2,3)19(17,18)14(4)13(10-11(15)16)8-6-5-7-9-13/h5-10H2,1-4H3,(H,15,16). The van der Waals surface area contributed by atoms with Gasteiger partial charge in [-0.15, -0.1) is 0 Å². The molecule has 0 bridgehead atoms. The van der Waals surface area contributed by atoms with Gasteiger partial charge in [-0.1, -0.05) is 19.3 Å². The van der Waals surface area contributed by atoms with Gasteiger partial charge >= 0.3 is 5.97 Å². The number of aliphatic carboxylic acids is 1. The van der Waals surface area contributed by atoms with E-state index in [2.05, 4.69) is 0 Å². The molecular formula is C13H25NO4S. The zero-order valence-corrected chi connectivity index (χ0v) is 13.1. The van der Waals surface area contributed by atoms with Crippen LogP contribution in [0.5, 0.6) is 0 Å². The van der Waals surface area contributed by atoms with E-state index in [9.17, 15) is 13.2 Å². The van der Waals surface area contributed by atoms with Gasteiger partial charge in [-0.2, -0.15) is 4.31 Å². The Bertz CT molecular complexity index is 430. The molecule has 0 spiro atoms. The highest BCUT2D eigenvalue weighted by atomic mass is 32.2. The highest BCUT2D eigenvalue weighted by Gasteiger charge is 2.47. The molecule has 0 aromatic rings. The Morgan fingerprint density at radius 3 is 2.05 bits per heavy atom. The van der Waals surface area contributed by atoms with Crippen molar-refractivity contribution in [1.29, 1.82) is 0 Å². The van der Waals surface area contributed by atoms with E-state index >= 15 is 0 Å². The van der Waals surface area contributed by atoms with Crippen molar-refractivity contribution in [3.8, 4) is 0 Å². The van der Waals surface area contributed by atoms with E-state index < -0.39 is 26.3 Å². The van der Waals surface area contributed by atoms with Crippen molar-refractivity contribution in [3.05, 3.63) is 0 Å². The third-order valence-electron chi connectivity index (χ3n) is 4.07. The fourth-order valence-electron chi connectivity index (χ4n) is 2.76. The molecule has 6 heteroatoms. The molecule has 0 unspecified atom stereocenters. The summed E-state index contributed by atoms with van der Waals surface area (Å²) in [6, 6.07) is 0. The molecule has 0 amide bonds. The molecule has 0 aromatic carbocycles. The first-order valence-corrected chi connectivity index (χ1v) is 8.17. The quantitative estimate of drug-likeness (QED) is 0.862. The molecule has 1 aliphatic rings. The van der Waals surface area contributed by atoms with E-state index in [-0.39, 0.29) is 6.42 Å². The number of hydrogen-bond donors (Lipinski definition) is 1. The van der Waals surface area contributed by atoms with Crippen LogP contribution in [0.2, 0.25) is 0 Å². The predicted octanol–water partition coefficient (Wildman–Crippen LogP) is 2.22. The molecular weight excluding hydrogens is 266 g/mol. The number of nitrogens with zero attached hydrogens (tertiary/aromatic N) is 1. The molecule has 1 saturated carbocycles. The summed E-state index contributed by atoms with van der Waals surface area (Å²) in [5.41, 5.74) is -0.754. The molecule has 1 rings (SSSR count). The van der Waals surface area contributed by atoms with Gasteiger partial charge in [-0.25, -0.2) is 8.42 Å². The molecule has 0 radical (unpaired) electrons. The Kier molecular flexibility index (Phi) is 4.67. The summed E-state index contributed by atoms with van der Waals surface area (Å²) < 4.78 is 25.6. The largest absolute Gasteiger partial charge is 0.481 e. The van der Waals surface area contributed by atoms with E-state index in [1.165, 1.54) is 11.4 Å². The summed E-state index contributed by atoms with van der Waals surface area (Å²) in [6.07, 6.45) is 3.97. The SMILES string of the molecule is CN(C1(CC(=O)O)CCCCC1)S(=O)(=O)C(C)(C)C. The van der Waals surface area contributed by atoms with Gasteiger partial charge in [-0.05, 0) is 33.6 Å². The first-order chi connectivity index (χ1) is 8.53. The van der Waals surface area contributed by atoms with Crippen LogP contribution >= 0.6 is 0 Å². The third-order valence-corrected chi connectivity index (χ3v) is 6.72. The lowest BCUT2D eigenvalue weighted by Crippen LogP contribution is -2.56. The number of sulfonamides is 1. The third kappa shape index (κ3) is 3.28. The van der Waals surface area contributed by atoms with Crippen molar-refractivity contribution in [1.82, 2.24) is 4.31 Å². The van der Waals surface area contributed by atoms with Crippen molar-refractivity contribution in [2.45, 2.75) is 69.6 Å². The average molecular weight is 291 g/mol. The van der Waals surface area contributed by atoms with Gasteiger partial charge in [-0.3, -0.25) is 4.79 Å². The Morgan fingerprint density at radius 1 is 1.21 bits per heavy atom. The van der Waals surface area contributed by atoms with E-state index in [1.807, 2.05) is 0 Å². The Morgan fingerprint density at radius 2 is 1.68 bits per heavy atom. The van der Waals surface area contributed by atoms with E-state index in [1.54, 1.807) is 20.8 Å². The lowest BCUT2D eigenvalue weighted by atomic mass is 9.79. The van der Waals surface area contributed by atoms with Crippen LogP contribution in [0.3, 0.4) is 0 Å². The minimum Gasteiger partial charge on any atom is -0.481 e. The van der Waals surface area contributed by atoms with Gasteiger partial charge in [0.15, 0.2) is 0 Å². The molecule has 5 nitrogen and oxygen atoms in total. The zero-order valence-electron chi connectivity index (χ0n) is 12.3. The fraction of sp³-hybridized carbons (Fsp3) is 0.923. The van der Waals surface area contributed by atoms with Crippen molar-refractivity contribution >= 4 is 16.0 Å². The van der Waals surface area contributed by atoms with E-state index in [0.717, 1.165) is 19.3 Å². The van der Waals surface area contributed by atoms with Gasteiger partial charge in [0, 0.05) is 12.6 Å². The Labute approximate surface area is 116 Å². The summed E-state index contributed by atoms with van der Waals surface area (Å²) in [7, 11) is -1.97. The first-order valence-electron chi connectivity index (χ1n) is 6.73. The second-order valence-electron chi connectivity index (χ2n) is 6.44. The second-order valence-corrected chi connectivity index (χ2v) is 9.16. The molecule has 0 aliphatic heterocycles. The van der Waals surface area contributed by atoms with Crippen molar-refractivity contribution < 1.29 is 18.3 Å². The maximum atomic E-state index is 12.6. The summed E-state index contributed by atoms with van der Waals surface area (Å²) >= 11 is 0. The van der Waals surface area contributed by atoms with Crippen LogP contribution in [0.1, 0.15) is 59.3 Å². The van der Waals surface area contributed by atoms with Crippen LogP contribution in [-0.2, 0) is 14.8 Å². The normalized spacial score (nSPS) is 20.5. The highest BCUT2D eigenvalue weighted by Crippen LogP contribution is 2.39. The smallest absolute Gasteiger partial charge is 0.305 e. The number of hydrogen-bond acceptors (Lipinski definition) is 3. The lowest BCUT2D eigenvalue weighted by molar-refractivity contribution is -0.140. The molecule has 0 heterocycles. The predicted molar refractivity (Wildman–Crippen MR) is 74.5 cm³/mol. The van der Waals surface area contributed by atoms with Crippen molar-refractivity contribution in [3.63, 3.8) is 0 Å². The van der Waals surface area contributed by atoms with Gasteiger partial charge in [0.05, 0.1) is 11.2 Å². The Hall–Kier alpha value is -0.620. The molecule has 112 valence electrons. The minimum absolute atomic E-state index is 0.112. The molecule has 0 saturated heterocycles. The van der Waals surface area contributed by atoms with Crippen molar-refractivity contribution in [2.75, 3.05) is 7.05 Å². The van der Waals surface area contributed by atoms with Gasteiger partial charge in [0.1, 0.15) is 0 Å². The van der Waals surface area contributed by atoms with Crippen LogP contribution < -0.4 is 0 Å². The molecule has 19 heavy (non-hydrogen) atoms. The summed E-state index contributed by atoms with van der Waals surface area (Å²) in [4.78, 5) is 11.1.